The predicted molar refractivity (Wildman–Crippen MR) is 66.4 cm³/mol. The molecule has 3 nitrogen and oxygen atoms in total. The van der Waals surface area contributed by atoms with E-state index in [1.165, 1.54) is 11.1 Å². The summed E-state index contributed by atoms with van der Waals surface area (Å²) in [6.45, 7) is 4.68. The number of carbonyl (C=O) groups is 1. The number of carboxylic acids is 1. The van der Waals surface area contributed by atoms with Gasteiger partial charge in [-0.1, -0.05) is 23.8 Å². The Balaban J connectivity index is 2.34. The standard InChI is InChI=1S/C14H15NO2/c1-10-5-6-11(2)12(8-10)9-15-7-3-4-13(15)14(16)17/h3-8H,9H2,1-2H3,(H,16,17). The summed E-state index contributed by atoms with van der Waals surface area (Å²) in [5.41, 5.74) is 3.85. The number of aryl methyl sites for hydroxylation is 2. The molecule has 0 unspecified atom stereocenters. The third-order valence-corrected chi connectivity index (χ3v) is 2.89. The van der Waals surface area contributed by atoms with E-state index in [-0.39, 0.29) is 0 Å². The highest BCUT2D eigenvalue weighted by atomic mass is 16.4. The van der Waals surface area contributed by atoms with Crippen LogP contribution in [0.3, 0.4) is 0 Å². The molecule has 3 heteroatoms. The van der Waals surface area contributed by atoms with Crippen molar-refractivity contribution >= 4 is 5.97 Å². The van der Waals surface area contributed by atoms with Gasteiger partial charge in [0, 0.05) is 12.7 Å². The smallest absolute Gasteiger partial charge is 0.352 e. The molecule has 0 amide bonds. The zero-order valence-corrected chi connectivity index (χ0v) is 9.97. The van der Waals surface area contributed by atoms with Gasteiger partial charge in [-0.2, -0.15) is 0 Å². The molecule has 0 aliphatic heterocycles. The SMILES string of the molecule is Cc1ccc(C)c(Cn2cccc2C(=O)O)c1. The van der Waals surface area contributed by atoms with Crippen LogP contribution in [0, 0.1) is 13.8 Å². The van der Waals surface area contributed by atoms with Crippen LogP contribution in [-0.4, -0.2) is 15.6 Å². The van der Waals surface area contributed by atoms with Crippen molar-refractivity contribution in [1.29, 1.82) is 0 Å². The molecule has 0 spiro atoms. The average Bonchev–Trinajstić information content (AvgIpc) is 2.71. The van der Waals surface area contributed by atoms with Gasteiger partial charge in [0.1, 0.15) is 5.69 Å². The van der Waals surface area contributed by atoms with Crippen molar-refractivity contribution in [2.45, 2.75) is 20.4 Å². The number of nitrogens with zero attached hydrogens (tertiary/aromatic N) is 1. The van der Waals surface area contributed by atoms with E-state index in [0.29, 0.717) is 12.2 Å². The number of hydrogen-bond acceptors (Lipinski definition) is 1. The van der Waals surface area contributed by atoms with E-state index in [2.05, 4.69) is 18.2 Å². The average molecular weight is 229 g/mol. The first kappa shape index (κ1) is 11.5. The van der Waals surface area contributed by atoms with Gasteiger partial charge in [0.25, 0.3) is 0 Å². The second kappa shape index (κ2) is 4.45. The lowest BCUT2D eigenvalue weighted by atomic mass is 10.1. The Hall–Kier alpha value is -2.03. The molecule has 2 aromatic rings. The van der Waals surface area contributed by atoms with Gasteiger partial charge in [0.15, 0.2) is 0 Å². The molecular weight excluding hydrogens is 214 g/mol. The monoisotopic (exact) mass is 229 g/mol. The van der Waals surface area contributed by atoms with Crippen LogP contribution in [0.2, 0.25) is 0 Å². The third-order valence-electron chi connectivity index (χ3n) is 2.89. The Bertz CT molecular complexity index is 555. The molecule has 0 atom stereocenters. The zero-order valence-electron chi connectivity index (χ0n) is 9.97. The van der Waals surface area contributed by atoms with Gasteiger partial charge in [-0.05, 0) is 37.1 Å². The van der Waals surface area contributed by atoms with Gasteiger partial charge >= 0.3 is 5.97 Å². The van der Waals surface area contributed by atoms with Crippen LogP contribution in [-0.2, 0) is 6.54 Å². The van der Waals surface area contributed by atoms with Crippen LogP contribution in [0.15, 0.2) is 36.5 Å². The van der Waals surface area contributed by atoms with Crippen molar-refractivity contribution in [2.24, 2.45) is 0 Å². The Morgan fingerprint density at radius 3 is 2.76 bits per heavy atom. The maximum Gasteiger partial charge on any atom is 0.352 e. The van der Waals surface area contributed by atoms with Crippen LogP contribution in [0.25, 0.3) is 0 Å². The summed E-state index contributed by atoms with van der Waals surface area (Å²) < 4.78 is 1.75. The van der Waals surface area contributed by atoms with E-state index in [9.17, 15) is 4.79 Å². The summed E-state index contributed by atoms with van der Waals surface area (Å²) in [5, 5.41) is 9.04. The van der Waals surface area contributed by atoms with Gasteiger partial charge in [0.2, 0.25) is 0 Å². The zero-order chi connectivity index (χ0) is 12.4. The summed E-state index contributed by atoms with van der Waals surface area (Å²) in [5.74, 6) is -0.889. The quantitative estimate of drug-likeness (QED) is 0.879. The molecule has 0 bridgehead atoms. The molecular formula is C14H15NO2. The number of hydrogen-bond donors (Lipinski definition) is 1. The second-order valence-electron chi connectivity index (χ2n) is 4.26. The summed E-state index contributed by atoms with van der Waals surface area (Å²) in [6.07, 6.45) is 1.80. The molecule has 1 aromatic heterocycles. The highest BCUT2D eigenvalue weighted by Gasteiger charge is 2.09. The predicted octanol–water partition coefficient (Wildman–Crippen LogP) is 2.85. The first-order valence-corrected chi connectivity index (χ1v) is 5.52. The topological polar surface area (TPSA) is 42.2 Å². The molecule has 1 heterocycles. The molecule has 1 aromatic carbocycles. The van der Waals surface area contributed by atoms with E-state index in [4.69, 9.17) is 5.11 Å². The Morgan fingerprint density at radius 1 is 1.29 bits per heavy atom. The van der Waals surface area contributed by atoms with Gasteiger partial charge < -0.3 is 9.67 Å². The maximum atomic E-state index is 11.0. The van der Waals surface area contributed by atoms with Crippen molar-refractivity contribution < 1.29 is 9.90 Å². The van der Waals surface area contributed by atoms with Crippen LogP contribution in [0.4, 0.5) is 0 Å². The van der Waals surface area contributed by atoms with Crippen LogP contribution < -0.4 is 0 Å². The minimum Gasteiger partial charge on any atom is -0.477 e. The largest absolute Gasteiger partial charge is 0.477 e. The Labute approximate surface area is 100 Å². The lowest BCUT2D eigenvalue weighted by Gasteiger charge is -2.10. The number of rotatable bonds is 3. The van der Waals surface area contributed by atoms with Crippen LogP contribution in [0.5, 0.6) is 0 Å². The highest BCUT2D eigenvalue weighted by molar-refractivity contribution is 5.85. The number of aromatic carboxylic acids is 1. The Kier molecular flexibility index (Phi) is 3.00. The van der Waals surface area contributed by atoms with E-state index < -0.39 is 5.97 Å². The van der Waals surface area contributed by atoms with Crippen molar-refractivity contribution in [1.82, 2.24) is 4.57 Å². The number of aromatic nitrogens is 1. The van der Waals surface area contributed by atoms with Crippen molar-refractivity contribution in [3.63, 3.8) is 0 Å². The van der Waals surface area contributed by atoms with Gasteiger partial charge in [-0.3, -0.25) is 0 Å². The molecule has 0 saturated carbocycles. The summed E-state index contributed by atoms with van der Waals surface area (Å²) in [7, 11) is 0. The lowest BCUT2D eigenvalue weighted by Crippen LogP contribution is -2.09. The molecule has 0 fully saturated rings. The summed E-state index contributed by atoms with van der Waals surface area (Å²) >= 11 is 0. The van der Waals surface area contributed by atoms with E-state index in [1.807, 2.05) is 13.8 Å². The van der Waals surface area contributed by atoms with Crippen LogP contribution in [0.1, 0.15) is 27.2 Å². The number of benzene rings is 1. The molecule has 17 heavy (non-hydrogen) atoms. The van der Waals surface area contributed by atoms with Crippen LogP contribution >= 0.6 is 0 Å². The summed E-state index contributed by atoms with van der Waals surface area (Å²) in [4.78, 5) is 11.0. The maximum absolute atomic E-state index is 11.0. The normalized spacial score (nSPS) is 10.5. The van der Waals surface area contributed by atoms with E-state index >= 15 is 0 Å². The molecule has 0 aliphatic rings. The fourth-order valence-corrected chi connectivity index (χ4v) is 1.90. The fourth-order valence-electron chi connectivity index (χ4n) is 1.90. The lowest BCUT2D eigenvalue weighted by molar-refractivity contribution is 0.0685. The van der Waals surface area contributed by atoms with Gasteiger partial charge in [-0.15, -0.1) is 0 Å². The fraction of sp³-hybridized carbons (Fsp3) is 0.214. The highest BCUT2D eigenvalue weighted by Crippen LogP contribution is 2.14. The van der Waals surface area contributed by atoms with Gasteiger partial charge in [0.05, 0.1) is 0 Å². The van der Waals surface area contributed by atoms with E-state index in [0.717, 1.165) is 5.56 Å². The molecule has 0 aliphatic carbocycles. The first-order chi connectivity index (χ1) is 8.08. The molecule has 1 N–H and O–H groups in total. The molecule has 0 saturated heterocycles. The molecule has 2 rings (SSSR count). The summed E-state index contributed by atoms with van der Waals surface area (Å²) in [6, 6.07) is 9.60. The minimum absolute atomic E-state index is 0.325. The van der Waals surface area contributed by atoms with Crippen molar-refractivity contribution in [3.8, 4) is 0 Å². The molecule has 88 valence electrons. The first-order valence-electron chi connectivity index (χ1n) is 5.52. The number of carboxylic acid groups (broad SMARTS) is 1. The van der Waals surface area contributed by atoms with Crippen molar-refractivity contribution in [2.75, 3.05) is 0 Å². The molecule has 0 radical (unpaired) electrons. The van der Waals surface area contributed by atoms with E-state index in [1.54, 1.807) is 22.9 Å². The minimum atomic E-state index is -0.889. The second-order valence-corrected chi connectivity index (χ2v) is 4.26. The third kappa shape index (κ3) is 2.38. The Morgan fingerprint density at radius 2 is 2.06 bits per heavy atom. The van der Waals surface area contributed by atoms with Crippen molar-refractivity contribution in [3.05, 3.63) is 58.9 Å². The van der Waals surface area contributed by atoms with Gasteiger partial charge in [-0.25, -0.2) is 4.79 Å².